The van der Waals surface area contributed by atoms with Crippen LogP contribution < -0.4 is 18.9 Å². The van der Waals surface area contributed by atoms with Crippen LogP contribution in [0.4, 0.5) is 0 Å². The third kappa shape index (κ3) is 4.93. The lowest BCUT2D eigenvalue weighted by molar-refractivity contribution is 0.0978. The number of aromatic nitrogens is 3. The van der Waals surface area contributed by atoms with Gasteiger partial charge in [-0.3, -0.25) is 14.2 Å². The lowest BCUT2D eigenvalue weighted by Gasteiger charge is -2.14. The molecule has 1 N–H and O–H groups in total. The van der Waals surface area contributed by atoms with E-state index in [-0.39, 0.29) is 5.69 Å². The maximum Gasteiger partial charge on any atom is 0.280 e. The number of ether oxygens (including phenoxy) is 3. The quantitative estimate of drug-likeness (QED) is 0.543. The van der Waals surface area contributed by atoms with Crippen LogP contribution in [-0.2, 0) is 6.54 Å². The molecule has 0 aliphatic heterocycles. The van der Waals surface area contributed by atoms with Crippen molar-refractivity contribution in [3.8, 4) is 17.4 Å². The topological polar surface area (TPSA) is 87.5 Å². The van der Waals surface area contributed by atoms with Crippen molar-refractivity contribution < 1.29 is 19.0 Å². The average molecular weight is 435 g/mol. The van der Waals surface area contributed by atoms with Crippen LogP contribution in [0.2, 0.25) is 5.02 Å². The van der Waals surface area contributed by atoms with Crippen LogP contribution in [0.3, 0.4) is 0 Å². The minimum absolute atomic E-state index is 0.213. The lowest BCUT2D eigenvalue weighted by Crippen LogP contribution is -2.18. The Hall–Kier alpha value is -2.91. The number of nitrogens with zero attached hydrogens (tertiary/aromatic N) is 3. The summed E-state index contributed by atoms with van der Waals surface area (Å²) in [5.74, 6) is 0.942. The van der Waals surface area contributed by atoms with Gasteiger partial charge in [0.2, 0.25) is 5.88 Å². The number of rotatable bonds is 8. The van der Waals surface area contributed by atoms with E-state index in [0.717, 1.165) is 17.5 Å². The van der Waals surface area contributed by atoms with Crippen molar-refractivity contribution in [2.24, 2.45) is 0 Å². The van der Waals surface area contributed by atoms with Gasteiger partial charge >= 0.3 is 0 Å². The number of benzene rings is 1. The largest absolute Gasteiger partial charge is 0.495 e. The van der Waals surface area contributed by atoms with Gasteiger partial charge in [-0.1, -0.05) is 11.6 Å². The molecule has 0 aliphatic carbocycles. The van der Waals surface area contributed by atoms with Crippen molar-refractivity contribution in [3.63, 3.8) is 0 Å². The van der Waals surface area contributed by atoms with Crippen LogP contribution in [0.25, 0.3) is 0 Å². The molecule has 3 aromatic rings. The molecule has 0 aliphatic rings. The monoisotopic (exact) mass is 434 g/mol. The summed E-state index contributed by atoms with van der Waals surface area (Å²) >= 11 is 7.10. The van der Waals surface area contributed by atoms with E-state index in [1.165, 1.54) is 21.3 Å². The molecule has 1 aromatic carbocycles. The molecule has 2 aromatic heterocycles. The number of hydrogen-bond acceptors (Lipinski definition) is 7. The van der Waals surface area contributed by atoms with Crippen molar-refractivity contribution in [1.82, 2.24) is 19.5 Å². The summed E-state index contributed by atoms with van der Waals surface area (Å²) in [6.07, 6.45) is 3.53. The van der Waals surface area contributed by atoms with Crippen molar-refractivity contribution in [1.29, 1.82) is 0 Å². The number of pyridine rings is 1. The molecule has 10 heteroatoms. The van der Waals surface area contributed by atoms with Crippen molar-refractivity contribution in [2.45, 2.75) is 11.4 Å². The molecule has 0 atom stereocenters. The number of carbonyl (C=O) groups is 1. The molecule has 0 unspecified atom stereocenters. The summed E-state index contributed by atoms with van der Waals surface area (Å²) < 4.78 is 20.5. The number of halogens is 1. The van der Waals surface area contributed by atoms with Gasteiger partial charge < -0.3 is 14.2 Å². The summed E-state index contributed by atoms with van der Waals surface area (Å²) in [7, 11) is 4.54. The maximum atomic E-state index is 12.6. The van der Waals surface area contributed by atoms with E-state index in [4.69, 9.17) is 25.8 Å². The standard InChI is InChI=1S/C19H19ClN4O4S/c1-26-15-9-13(20)10-16(27-2)17(15)29-23-18(25)14-6-5-12(19(22-14)28-3)11-24-8-4-7-21-24/h4-10H,11H2,1-3H3,(H,23,25). The predicted octanol–water partition coefficient (Wildman–Crippen LogP) is 3.44. The van der Waals surface area contributed by atoms with E-state index >= 15 is 0 Å². The summed E-state index contributed by atoms with van der Waals surface area (Å²) in [5, 5.41) is 4.63. The van der Waals surface area contributed by atoms with Gasteiger partial charge in [-0.2, -0.15) is 5.10 Å². The predicted molar refractivity (Wildman–Crippen MR) is 110 cm³/mol. The van der Waals surface area contributed by atoms with E-state index in [0.29, 0.717) is 33.8 Å². The van der Waals surface area contributed by atoms with Crippen molar-refractivity contribution >= 4 is 29.5 Å². The fraction of sp³-hybridized carbons (Fsp3) is 0.211. The number of carbonyl (C=O) groups excluding carboxylic acids is 1. The average Bonchev–Trinajstić information content (AvgIpc) is 3.25. The Labute approximate surface area is 177 Å². The van der Waals surface area contributed by atoms with Crippen LogP contribution in [0.1, 0.15) is 16.1 Å². The molecule has 29 heavy (non-hydrogen) atoms. The number of nitrogens with one attached hydrogen (secondary N) is 1. The van der Waals surface area contributed by atoms with E-state index in [2.05, 4.69) is 14.8 Å². The second-order valence-corrected chi connectivity index (χ2v) is 6.99. The zero-order chi connectivity index (χ0) is 20.8. The molecule has 0 saturated carbocycles. The Balaban J connectivity index is 1.76. The second kappa shape index (κ2) is 9.53. The number of methoxy groups -OCH3 is 3. The van der Waals surface area contributed by atoms with Crippen LogP contribution in [0, 0.1) is 0 Å². The molecule has 8 nitrogen and oxygen atoms in total. The van der Waals surface area contributed by atoms with E-state index in [1.54, 1.807) is 35.1 Å². The Kier molecular flexibility index (Phi) is 6.84. The Morgan fingerprint density at radius 1 is 1.17 bits per heavy atom. The molecule has 2 heterocycles. The number of hydrogen-bond donors (Lipinski definition) is 1. The molecule has 0 bridgehead atoms. The Bertz CT molecular complexity index is 973. The second-order valence-electron chi connectivity index (χ2n) is 5.74. The van der Waals surface area contributed by atoms with Gasteiger partial charge in [-0.25, -0.2) is 4.98 Å². The highest BCUT2D eigenvalue weighted by atomic mass is 35.5. The molecule has 0 spiro atoms. The summed E-state index contributed by atoms with van der Waals surface area (Å²) in [5.41, 5.74) is 1.02. The normalized spacial score (nSPS) is 10.5. The van der Waals surface area contributed by atoms with E-state index in [9.17, 15) is 4.79 Å². The Morgan fingerprint density at radius 3 is 2.48 bits per heavy atom. The van der Waals surface area contributed by atoms with Gasteiger partial charge in [0.25, 0.3) is 5.91 Å². The third-order valence-corrected chi connectivity index (χ3v) is 5.04. The number of amides is 1. The maximum absolute atomic E-state index is 12.6. The Morgan fingerprint density at radius 2 is 1.90 bits per heavy atom. The van der Waals surface area contributed by atoms with Gasteiger partial charge in [0.05, 0.1) is 27.9 Å². The molecular formula is C19H19ClN4O4S. The highest BCUT2D eigenvalue weighted by Crippen LogP contribution is 2.39. The van der Waals surface area contributed by atoms with Gasteiger partial charge in [-0.05, 0) is 30.1 Å². The molecule has 152 valence electrons. The molecule has 0 fully saturated rings. The van der Waals surface area contributed by atoms with E-state index < -0.39 is 5.91 Å². The molecule has 1 amide bonds. The van der Waals surface area contributed by atoms with Gasteiger partial charge in [0, 0.05) is 35.1 Å². The molecule has 3 rings (SSSR count). The highest BCUT2D eigenvalue weighted by molar-refractivity contribution is 7.98. The summed E-state index contributed by atoms with van der Waals surface area (Å²) in [6.45, 7) is 0.485. The van der Waals surface area contributed by atoms with Gasteiger partial charge in [0.1, 0.15) is 22.1 Å². The first-order valence-corrected chi connectivity index (χ1v) is 9.65. The zero-order valence-corrected chi connectivity index (χ0v) is 17.6. The SMILES string of the molecule is COc1cc(Cl)cc(OC)c1SNC(=O)c1ccc(Cn2cccn2)c(OC)n1. The first kappa shape index (κ1) is 20.8. The lowest BCUT2D eigenvalue weighted by atomic mass is 10.2. The summed E-state index contributed by atoms with van der Waals surface area (Å²) in [6, 6.07) is 8.54. The van der Waals surface area contributed by atoms with Gasteiger partial charge in [0.15, 0.2) is 0 Å². The molecule has 0 radical (unpaired) electrons. The minimum atomic E-state index is -0.391. The zero-order valence-electron chi connectivity index (χ0n) is 16.0. The first-order chi connectivity index (χ1) is 14.0. The fourth-order valence-corrected chi connectivity index (χ4v) is 3.54. The smallest absolute Gasteiger partial charge is 0.280 e. The highest BCUT2D eigenvalue weighted by Gasteiger charge is 2.17. The molecular weight excluding hydrogens is 416 g/mol. The minimum Gasteiger partial charge on any atom is -0.495 e. The van der Waals surface area contributed by atoms with Crippen molar-refractivity contribution in [3.05, 3.63) is 59.0 Å². The summed E-state index contributed by atoms with van der Waals surface area (Å²) in [4.78, 5) is 17.5. The fourth-order valence-electron chi connectivity index (χ4n) is 2.56. The third-order valence-electron chi connectivity index (χ3n) is 3.93. The molecule has 0 saturated heterocycles. The first-order valence-electron chi connectivity index (χ1n) is 8.45. The van der Waals surface area contributed by atoms with Crippen LogP contribution in [0.5, 0.6) is 17.4 Å². The van der Waals surface area contributed by atoms with Crippen LogP contribution in [0.15, 0.2) is 47.6 Å². The van der Waals surface area contributed by atoms with Crippen molar-refractivity contribution in [2.75, 3.05) is 21.3 Å². The van der Waals surface area contributed by atoms with Gasteiger partial charge in [-0.15, -0.1) is 0 Å². The van der Waals surface area contributed by atoms with Crippen LogP contribution >= 0.6 is 23.5 Å². The van der Waals surface area contributed by atoms with Crippen LogP contribution in [-0.4, -0.2) is 42.0 Å². The van der Waals surface area contributed by atoms with E-state index in [1.807, 2.05) is 12.3 Å².